The largest absolute Gasteiger partial charge is 0.478 e. The molecular formula is C39H33F3N4O5. The summed E-state index contributed by atoms with van der Waals surface area (Å²) in [4.78, 5) is 21.3. The number of nitriles is 1. The maximum absolute atomic E-state index is 15.9. The molecule has 0 saturated carbocycles. The van der Waals surface area contributed by atoms with Crippen molar-refractivity contribution in [3.05, 3.63) is 112 Å². The lowest BCUT2D eigenvalue weighted by Crippen LogP contribution is -2.27. The minimum absolute atomic E-state index is 0.00388. The maximum Gasteiger partial charge on any atom is 0.335 e. The number of fused-ring (bicyclic) bond motifs is 1. The van der Waals surface area contributed by atoms with Crippen LogP contribution in [0, 0.1) is 46.0 Å². The van der Waals surface area contributed by atoms with Crippen LogP contribution in [0.25, 0.3) is 22.3 Å². The molecule has 5 aromatic rings. The highest BCUT2D eigenvalue weighted by atomic mass is 19.1. The van der Waals surface area contributed by atoms with E-state index in [1.54, 1.807) is 6.07 Å². The molecule has 1 saturated heterocycles. The third-order valence-electron chi connectivity index (χ3n) is 8.62. The third-order valence-corrected chi connectivity index (χ3v) is 8.62. The van der Waals surface area contributed by atoms with Crippen molar-refractivity contribution in [3.8, 4) is 35.0 Å². The number of hydrogen-bond donors (Lipinski definition) is 2. The Morgan fingerprint density at radius 3 is 2.49 bits per heavy atom. The molecule has 260 valence electrons. The van der Waals surface area contributed by atoms with E-state index in [4.69, 9.17) is 19.7 Å². The summed E-state index contributed by atoms with van der Waals surface area (Å²) < 4.78 is 59.3. The number of pyridine rings is 1. The fourth-order valence-electron chi connectivity index (χ4n) is 5.95. The van der Waals surface area contributed by atoms with Gasteiger partial charge in [-0.15, -0.1) is 0 Å². The Balaban J connectivity index is 1.37. The lowest BCUT2D eigenvalue weighted by molar-refractivity contribution is 0.0697. The van der Waals surface area contributed by atoms with E-state index in [1.165, 1.54) is 50.2 Å². The number of aromatic carboxylic acids is 1. The van der Waals surface area contributed by atoms with Crippen molar-refractivity contribution in [1.29, 1.82) is 5.26 Å². The fourth-order valence-corrected chi connectivity index (χ4v) is 5.95. The Morgan fingerprint density at radius 1 is 1.06 bits per heavy atom. The highest BCUT2D eigenvalue weighted by molar-refractivity contribution is 5.95. The number of carboxylic acids is 1. The zero-order valence-corrected chi connectivity index (χ0v) is 28.2. The van der Waals surface area contributed by atoms with Crippen LogP contribution in [-0.2, 0) is 17.8 Å². The second-order valence-corrected chi connectivity index (χ2v) is 13.6. The van der Waals surface area contributed by atoms with E-state index in [9.17, 15) is 19.4 Å². The maximum atomic E-state index is 15.9. The molecule has 1 fully saturated rings. The monoisotopic (exact) mass is 694 g/mol. The minimum Gasteiger partial charge on any atom is -0.478 e. The molecule has 1 aliphatic rings. The quantitative estimate of drug-likeness (QED) is 0.167. The molecule has 12 heteroatoms. The standard InChI is InChI=1S/C39H33F3N4O5/c1-38(2)21-50-20-33(38)46-32-15-26(37(47)48)13-23(10-11-39(3,4)49)36(32)45-34(46)16-25-14-30(42)27(17-29(25)41)31-6-5-7-35(44-31)51-19-24-9-8-22(18-43)12-28(24)40/h5-9,12-15,17,33,49H,16,19-21H2,1-4H3,(H,47,48)/t33-/m1/s1. The number of benzene rings is 3. The summed E-state index contributed by atoms with van der Waals surface area (Å²) in [5, 5.41) is 29.2. The van der Waals surface area contributed by atoms with Gasteiger partial charge in [-0.25, -0.2) is 27.9 Å². The van der Waals surface area contributed by atoms with Gasteiger partial charge in [0.2, 0.25) is 5.88 Å². The number of hydrogen-bond acceptors (Lipinski definition) is 7. The lowest BCUT2D eigenvalue weighted by Gasteiger charge is -2.28. The van der Waals surface area contributed by atoms with Gasteiger partial charge in [-0.2, -0.15) is 5.26 Å². The van der Waals surface area contributed by atoms with Gasteiger partial charge in [0.15, 0.2) is 0 Å². The first-order valence-electron chi connectivity index (χ1n) is 16.0. The highest BCUT2D eigenvalue weighted by Crippen LogP contribution is 2.41. The molecule has 3 heterocycles. The van der Waals surface area contributed by atoms with Crippen molar-refractivity contribution >= 4 is 17.0 Å². The summed E-state index contributed by atoms with van der Waals surface area (Å²) in [6.45, 7) is 7.49. The first-order valence-corrected chi connectivity index (χ1v) is 16.0. The zero-order valence-electron chi connectivity index (χ0n) is 28.2. The smallest absolute Gasteiger partial charge is 0.335 e. The molecule has 0 amide bonds. The van der Waals surface area contributed by atoms with Gasteiger partial charge in [-0.05, 0) is 61.9 Å². The number of carbonyl (C=O) groups is 1. The van der Waals surface area contributed by atoms with Gasteiger partial charge in [0.1, 0.15) is 41.0 Å². The van der Waals surface area contributed by atoms with Crippen LogP contribution in [0.5, 0.6) is 5.88 Å². The van der Waals surface area contributed by atoms with Crippen molar-refractivity contribution in [2.45, 2.75) is 52.4 Å². The molecule has 2 aromatic heterocycles. The van der Waals surface area contributed by atoms with Gasteiger partial charge in [0.05, 0.1) is 53.2 Å². The van der Waals surface area contributed by atoms with Crippen LogP contribution in [0.3, 0.4) is 0 Å². The van der Waals surface area contributed by atoms with Crippen molar-refractivity contribution in [3.63, 3.8) is 0 Å². The second kappa shape index (κ2) is 13.6. The van der Waals surface area contributed by atoms with Crippen LogP contribution in [0.15, 0.2) is 60.7 Å². The van der Waals surface area contributed by atoms with E-state index in [-0.39, 0.29) is 70.6 Å². The minimum atomic E-state index is -1.37. The average Bonchev–Trinajstić information content (AvgIpc) is 3.61. The topological polar surface area (TPSA) is 130 Å². The number of imidazole rings is 1. The van der Waals surface area contributed by atoms with E-state index in [2.05, 4.69) is 16.8 Å². The van der Waals surface area contributed by atoms with Crippen LogP contribution in [0.2, 0.25) is 0 Å². The van der Waals surface area contributed by atoms with E-state index in [0.717, 1.165) is 18.2 Å². The summed E-state index contributed by atoms with van der Waals surface area (Å²) in [5.41, 5.74) is -0.461. The molecule has 1 atom stereocenters. The highest BCUT2D eigenvalue weighted by Gasteiger charge is 2.39. The summed E-state index contributed by atoms with van der Waals surface area (Å²) in [5.74, 6) is 2.68. The molecule has 0 aliphatic carbocycles. The first-order chi connectivity index (χ1) is 24.1. The number of nitrogens with zero attached hydrogens (tertiary/aromatic N) is 4. The second-order valence-electron chi connectivity index (χ2n) is 13.6. The summed E-state index contributed by atoms with van der Waals surface area (Å²) >= 11 is 0. The molecule has 0 spiro atoms. The van der Waals surface area contributed by atoms with Gasteiger partial charge in [0, 0.05) is 29.0 Å². The van der Waals surface area contributed by atoms with Gasteiger partial charge in [0.25, 0.3) is 0 Å². The molecular weight excluding hydrogens is 661 g/mol. The van der Waals surface area contributed by atoms with Crippen LogP contribution in [0.4, 0.5) is 13.2 Å². The van der Waals surface area contributed by atoms with Crippen LogP contribution in [0.1, 0.15) is 72.2 Å². The normalized spacial score (nSPS) is 15.3. The number of halogens is 3. The van der Waals surface area contributed by atoms with Crippen molar-refractivity contribution in [2.24, 2.45) is 5.41 Å². The SMILES string of the molecule is CC(C)(O)C#Cc1cc(C(=O)O)cc2c1nc(Cc1cc(F)c(-c3cccc(OCc4ccc(C#N)cc4F)n3)cc1F)n2[C@@H]1COCC1(C)C. The molecule has 1 aliphatic heterocycles. The van der Waals surface area contributed by atoms with E-state index < -0.39 is 34.4 Å². The van der Waals surface area contributed by atoms with E-state index >= 15 is 8.78 Å². The fraction of sp³-hybridized carbons (Fsp3) is 0.282. The zero-order chi connectivity index (χ0) is 36.7. The molecule has 0 radical (unpaired) electrons. The number of aromatic nitrogens is 3. The predicted octanol–water partition coefficient (Wildman–Crippen LogP) is 6.98. The van der Waals surface area contributed by atoms with Gasteiger partial charge in [-0.1, -0.05) is 37.8 Å². The molecule has 0 bridgehead atoms. The lowest BCUT2D eigenvalue weighted by atomic mass is 9.87. The molecule has 51 heavy (non-hydrogen) atoms. The molecule has 0 unspecified atom stereocenters. The molecule has 3 aromatic carbocycles. The van der Waals surface area contributed by atoms with Crippen LogP contribution in [-0.4, -0.2) is 49.5 Å². The Bertz CT molecular complexity index is 2290. The van der Waals surface area contributed by atoms with Crippen LogP contribution < -0.4 is 4.74 Å². The number of carboxylic acid groups (broad SMARTS) is 1. The molecule has 9 nitrogen and oxygen atoms in total. The first kappa shape index (κ1) is 35.1. The van der Waals surface area contributed by atoms with E-state index in [1.807, 2.05) is 24.5 Å². The third kappa shape index (κ3) is 7.43. The van der Waals surface area contributed by atoms with E-state index in [0.29, 0.717) is 23.5 Å². The van der Waals surface area contributed by atoms with Crippen molar-refractivity contribution in [2.75, 3.05) is 13.2 Å². The average molecular weight is 695 g/mol. The van der Waals surface area contributed by atoms with Gasteiger partial charge < -0.3 is 24.3 Å². The Kier molecular flexibility index (Phi) is 9.34. The number of ether oxygens (including phenoxy) is 2. The van der Waals surface area contributed by atoms with Crippen molar-refractivity contribution in [1.82, 2.24) is 14.5 Å². The summed E-state index contributed by atoms with van der Waals surface area (Å²) in [6.07, 6.45) is -0.155. The summed E-state index contributed by atoms with van der Waals surface area (Å²) in [7, 11) is 0. The Labute approximate surface area is 291 Å². The van der Waals surface area contributed by atoms with Crippen molar-refractivity contribution < 1.29 is 37.7 Å². The predicted molar refractivity (Wildman–Crippen MR) is 181 cm³/mol. The number of rotatable bonds is 8. The van der Waals surface area contributed by atoms with Gasteiger partial charge >= 0.3 is 5.97 Å². The summed E-state index contributed by atoms with van der Waals surface area (Å²) in [6, 6.07) is 15.0. The van der Waals surface area contributed by atoms with Crippen LogP contribution >= 0.6 is 0 Å². The molecule has 6 rings (SSSR count). The van der Waals surface area contributed by atoms with Gasteiger partial charge in [-0.3, -0.25) is 0 Å². The Hall–Kier alpha value is -5.69. The Morgan fingerprint density at radius 2 is 1.82 bits per heavy atom. The number of aliphatic hydroxyl groups is 1. The molecule has 2 N–H and O–H groups in total.